The first-order valence-corrected chi connectivity index (χ1v) is 12.0. The summed E-state index contributed by atoms with van der Waals surface area (Å²) in [6.07, 6.45) is 3.12. The first-order valence-electron chi connectivity index (χ1n) is 12.0. The summed E-state index contributed by atoms with van der Waals surface area (Å²) in [4.78, 5) is 17.2. The number of benzene rings is 3. The number of carbonyl (C=O) groups is 1. The van der Waals surface area contributed by atoms with Crippen LogP contribution in [0.15, 0.2) is 78.9 Å². The Morgan fingerprint density at radius 3 is 2.39 bits per heavy atom. The van der Waals surface area contributed by atoms with Crippen molar-refractivity contribution in [1.29, 1.82) is 0 Å². The van der Waals surface area contributed by atoms with Gasteiger partial charge in [-0.15, -0.1) is 0 Å². The fourth-order valence-corrected chi connectivity index (χ4v) is 4.17. The molecule has 1 N–H and O–H groups in total. The van der Waals surface area contributed by atoms with Crippen LogP contribution in [0.25, 0.3) is 11.0 Å². The van der Waals surface area contributed by atoms with Crippen LogP contribution in [0.1, 0.15) is 55.1 Å². The number of amides is 1. The second kappa shape index (κ2) is 11.0. The SMILES string of the molecule is CCC(C)c1ccc(Cn2c(CCNC(=O)CCc3ccccc3)nc3ccccc32)cc1. The summed E-state index contributed by atoms with van der Waals surface area (Å²) in [6.45, 7) is 5.86. The second-order valence-corrected chi connectivity index (χ2v) is 8.74. The summed E-state index contributed by atoms with van der Waals surface area (Å²) in [7, 11) is 0. The maximum absolute atomic E-state index is 12.3. The maximum atomic E-state index is 12.3. The molecule has 0 aliphatic carbocycles. The molecule has 1 amide bonds. The monoisotopic (exact) mass is 439 g/mol. The molecule has 0 saturated heterocycles. The van der Waals surface area contributed by atoms with Crippen molar-refractivity contribution in [3.05, 3.63) is 101 Å². The molecule has 0 aliphatic rings. The number of fused-ring (bicyclic) bond motifs is 1. The first kappa shape index (κ1) is 22.8. The van der Waals surface area contributed by atoms with E-state index in [9.17, 15) is 4.79 Å². The van der Waals surface area contributed by atoms with E-state index in [2.05, 4.69) is 78.3 Å². The van der Waals surface area contributed by atoms with Gasteiger partial charge >= 0.3 is 0 Å². The van der Waals surface area contributed by atoms with Crippen LogP contribution in [0.3, 0.4) is 0 Å². The molecule has 1 aromatic heterocycles. The number of rotatable bonds is 10. The predicted octanol–water partition coefficient (Wildman–Crippen LogP) is 5.89. The third-order valence-electron chi connectivity index (χ3n) is 6.39. The van der Waals surface area contributed by atoms with Crippen molar-refractivity contribution >= 4 is 16.9 Å². The van der Waals surface area contributed by atoms with Crippen molar-refractivity contribution in [1.82, 2.24) is 14.9 Å². The molecule has 1 heterocycles. The Bertz CT molecular complexity index is 1180. The summed E-state index contributed by atoms with van der Waals surface area (Å²) < 4.78 is 2.28. The third-order valence-corrected chi connectivity index (χ3v) is 6.39. The molecular weight excluding hydrogens is 406 g/mol. The number of aromatic nitrogens is 2. The van der Waals surface area contributed by atoms with E-state index < -0.39 is 0 Å². The normalized spacial score (nSPS) is 12.1. The smallest absolute Gasteiger partial charge is 0.220 e. The average Bonchev–Trinajstić information content (AvgIpc) is 3.20. The number of hydrogen-bond donors (Lipinski definition) is 1. The number of imidazole rings is 1. The molecule has 0 aliphatic heterocycles. The molecule has 4 heteroatoms. The van der Waals surface area contributed by atoms with Crippen LogP contribution in [0.4, 0.5) is 0 Å². The Kier molecular flexibility index (Phi) is 7.56. The molecule has 33 heavy (non-hydrogen) atoms. The maximum Gasteiger partial charge on any atom is 0.220 e. The number of nitrogens with one attached hydrogen (secondary N) is 1. The molecule has 170 valence electrons. The molecule has 0 saturated carbocycles. The summed E-state index contributed by atoms with van der Waals surface area (Å²) in [5.74, 6) is 1.67. The number of hydrogen-bond acceptors (Lipinski definition) is 2. The summed E-state index contributed by atoms with van der Waals surface area (Å²) in [5, 5.41) is 3.07. The van der Waals surface area contributed by atoms with E-state index in [1.165, 1.54) is 16.7 Å². The fourth-order valence-electron chi connectivity index (χ4n) is 4.17. The van der Waals surface area contributed by atoms with Crippen LogP contribution < -0.4 is 5.32 Å². The van der Waals surface area contributed by atoms with E-state index in [0.29, 0.717) is 25.3 Å². The minimum atomic E-state index is 0.0853. The van der Waals surface area contributed by atoms with E-state index in [-0.39, 0.29) is 5.91 Å². The molecule has 4 rings (SSSR count). The van der Waals surface area contributed by atoms with Gasteiger partial charge in [0.2, 0.25) is 5.91 Å². The van der Waals surface area contributed by atoms with E-state index in [4.69, 9.17) is 4.98 Å². The predicted molar refractivity (Wildman–Crippen MR) is 135 cm³/mol. The lowest BCUT2D eigenvalue weighted by atomic mass is 9.98. The first-order chi connectivity index (χ1) is 16.1. The topological polar surface area (TPSA) is 46.9 Å². The van der Waals surface area contributed by atoms with Crippen LogP contribution in [0.5, 0.6) is 0 Å². The molecule has 0 spiro atoms. The van der Waals surface area contributed by atoms with Gasteiger partial charge in [-0.1, -0.05) is 80.6 Å². The van der Waals surface area contributed by atoms with Crippen LogP contribution in [-0.2, 0) is 24.2 Å². The molecule has 1 atom stereocenters. The quantitative estimate of drug-likeness (QED) is 0.335. The Hall–Kier alpha value is -3.40. The van der Waals surface area contributed by atoms with Gasteiger partial charge in [-0.2, -0.15) is 0 Å². The van der Waals surface area contributed by atoms with Crippen molar-refractivity contribution < 1.29 is 4.79 Å². The molecule has 4 aromatic rings. The molecule has 0 radical (unpaired) electrons. The van der Waals surface area contributed by atoms with E-state index in [1.807, 2.05) is 24.3 Å². The summed E-state index contributed by atoms with van der Waals surface area (Å²) >= 11 is 0. The average molecular weight is 440 g/mol. The number of para-hydroxylation sites is 2. The van der Waals surface area contributed by atoms with Crippen molar-refractivity contribution in [3.63, 3.8) is 0 Å². The zero-order valence-corrected chi connectivity index (χ0v) is 19.6. The molecule has 0 fully saturated rings. The number of carbonyl (C=O) groups excluding carboxylic acids is 1. The Labute approximate surface area is 196 Å². The van der Waals surface area contributed by atoms with Crippen LogP contribution in [0.2, 0.25) is 0 Å². The van der Waals surface area contributed by atoms with Crippen LogP contribution >= 0.6 is 0 Å². The second-order valence-electron chi connectivity index (χ2n) is 8.74. The highest BCUT2D eigenvalue weighted by Crippen LogP contribution is 2.21. The van der Waals surface area contributed by atoms with Crippen LogP contribution in [-0.4, -0.2) is 22.0 Å². The number of nitrogens with zero attached hydrogens (tertiary/aromatic N) is 2. The van der Waals surface area contributed by atoms with E-state index >= 15 is 0 Å². The zero-order valence-electron chi connectivity index (χ0n) is 19.6. The molecule has 3 aromatic carbocycles. The van der Waals surface area contributed by atoms with Gasteiger partial charge in [0.25, 0.3) is 0 Å². The van der Waals surface area contributed by atoms with Gasteiger partial charge in [0.15, 0.2) is 0 Å². The Morgan fingerprint density at radius 1 is 0.909 bits per heavy atom. The summed E-state index contributed by atoms with van der Waals surface area (Å²) in [6, 6.07) is 27.3. The lowest BCUT2D eigenvalue weighted by molar-refractivity contribution is -0.121. The van der Waals surface area contributed by atoms with Gasteiger partial charge in [-0.25, -0.2) is 4.98 Å². The number of aryl methyl sites for hydroxylation is 1. The van der Waals surface area contributed by atoms with Crippen molar-refractivity contribution in [3.8, 4) is 0 Å². The van der Waals surface area contributed by atoms with Crippen molar-refractivity contribution in [2.45, 2.75) is 52.0 Å². The Balaban J connectivity index is 1.41. The minimum Gasteiger partial charge on any atom is -0.356 e. The highest BCUT2D eigenvalue weighted by molar-refractivity contribution is 5.77. The summed E-state index contributed by atoms with van der Waals surface area (Å²) in [5.41, 5.74) is 5.97. The lowest BCUT2D eigenvalue weighted by Gasteiger charge is -2.13. The molecule has 4 nitrogen and oxygen atoms in total. The standard InChI is InChI=1S/C29H33N3O/c1-3-22(2)25-16-13-24(14-17-25)21-32-27-12-8-7-11-26(27)31-28(32)19-20-30-29(33)18-15-23-9-5-4-6-10-23/h4-14,16-17,22H,3,15,18-21H2,1-2H3,(H,30,33). The van der Waals surface area contributed by atoms with Gasteiger partial charge in [0, 0.05) is 25.9 Å². The molecule has 1 unspecified atom stereocenters. The highest BCUT2D eigenvalue weighted by Gasteiger charge is 2.12. The molecular formula is C29H33N3O. The van der Waals surface area contributed by atoms with Crippen molar-refractivity contribution in [2.75, 3.05) is 6.54 Å². The lowest BCUT2D eigenvalue weighted by Crippen LogP contribution is -2.26. The van der Waals surface area contributed by atoms with Crippen LogP contribution in [0, 0.1) is 0 Å². The van der Waals surface area contributed by atoms with Gasteiger partial charge in [0.05, 0.1) is 11.0 Å². The van der Waals surface area contributed by atoms with Gasteiger partial charge in [0.1, 0.15) is 5.82 Å². The zero-order chi connectivity index (χ0) is 23.0. The van der Waals surface area contributed by atoms with Crippen molar-refractivity contribution in [2.24, 2.45) is 0 Å². The largest absolute Gasteiger partial charge is 0.356 e. The third kappa shape index (κ3) is 5.89. The van der Waals surface area contributed by atoms with Gasteiger partial charge < -0.3 is 9.88 Å². The van der Waals surface area contributed by atoms with Gasteiger partial charge in [-0.05, 0) is 47.6 Å². The molecule has 0 bridgehead atoms. The highest BCUT2D eigenvalue weighted by atomic mass is 16.1. The van der Waals surface area contributed by atoms with E-state index in [0.717, 1.165) is 36.2 Å². The van der Waals surface area contributed by atoms with Gasteiger partial charge in [-0.3, -0.25) is 4.79 Å². The fraction of sp³-hybridized carbons (Fsp3) is 0.310. The minimum absolute atomic E-state index is 0.0853. The van der Waals surface area contributed by atoms with E-state index in [1.54, 1.807) is 0 Å². The Morgan fingerprint density at radius 2 is 1.64 bits per heavy atom.